The van der Waals surface area contributed by atoms with Crippen LogP contribution in [0.3, 0.4) is 0 Å². The minimum Gasteiger partial charge on any atom is -0.491 e. The number of nitrogens with two attached hydrogens (primary N) is 1. The second-order valence-corrected chi connectivity index (χ2v) is 6.94. The average Bonchev–Trinajstić information content (AvgIpc) is 3.27. The van der Waals surface area contributed by atoms with E-state index in [0.29, 0.717) is 12.4 Å². The third kappa shape index (κ3) is 4.43. The Morgan fingerprint density at radius 1 is 1.17 bits per heavy atom. The highest BCUT2D eigenvalue weighted by molar-refractivity contribution is 6.02. The van der Waals surface area contributed by atoms with Crippen molar-refractivity contribution in [2.24, 2.45) is 14.1 Å². The Bertz CT molecular complexity index is 1060. The number of nitrogen functional groups attached to an aromatic ring is 1. The van der Waals surface area contributed by atoms with Crippen LogP contribution >= 0.6 is 0 Å². The summed E-state index contributed by atoms with van der Waals surface area (Å²) >= 11 is 0. The van der Waals surface area contributed by atoms with E-state index in [0.717, 1.165) is 28.6 Å². The van der Waals surface area contributed by atoms with Gasteiger partial charge in [-0.1, -0.05) is 0 Å². The lowest BCUT2D eigenvalue weighted by atomic mass is 10.2. The van der Waals surface area contributed by atoms with Crippen molar-refractivity contribution in [2.75, 3.05) is 25.6 Å². The number of anilines is 1. The highest BCUT2D eigenvalue weighted by Crippen LogP contribution is 2.17. The molecule has 2 N–H and O–H groups in total. The van der Waals surface area contributed by atoms with Gasteiger partial charge in [-0.3, -0.25) is 18.7 Å². The molecule has 30 heavy (non-hydrogen) atoms. The largest absolute Gasteiger partial charge is 0.491 e. The van der Waals surface area contributed by atoms with Crippen molar-refractivity contribution in [2.45, 2.75) is 18.9 Å². The summed E-state index contributed by atoms with van der Waals surface area (Å²) in [7, 11) is 2.57. The van der Waals surface area contributed by atoms with Crippen LogP contribution < -0.4 is 21.7 Å². The van der Waals surface area contributed by atoms with Gasteiger partial charge in [0.2, 0.25) is 5.78 Å². The number of carbonyl (C=O) groups is 2. The third-order valence-corrected chi connectivity index (χ3v) is 4.87. The number of ketones is 1. The molecule has 0 bridgehead atoms. The number of rotatable bonds is 7. The Hall–Kier alpha value is -3.40. The molecule has 1 aromatic carbocycles. The molecule has 1 fully saturated rings. The van der Waals surface area contributed by atoms with Gasteiger partial charge in [-0.2, -0.15) is 0 Å². The number of Topliss-reactive ketones (excluding diaryl/α,β-unsaturated/α-hetero) is 1. The predicted molar refractivity (Wildman–Crippen MR) is 107 cm³/mol. The standard InChI is InChI=1S/C20H23N3O7/c1-22-17(21)16(18(25)23(2)20(22)27)15(24)11-30-19(26)12-5-7-13(8-6-12)29-10-14-4-3-9-28-14/h5-8,14H,3-4,9-11,21H2,1-2H3. The molecule has 2 heterocycles. The van der Waals surface area contributed by atoms with Crippen LogP contribution in [0.2, 0.25) is 0 Å². The number of hydrogen-bond acceptors (Lipinski definition) is 8. The lowest BCUT2D eigenvalue weighted by Gasteiger charge is -2.12. The molecule has 10 nitrogen and oxygen atoms in total. The zero-order valence-corrected chi connectivity index (χ0v) is 16.8. The molecule has 1 aromatic heterocycles. The van der Waals surface area contributed by atoms with E-state index >= 15 is 0 Å². The van der Waals surface area contributed by atoms with Crippen LogP contribution in [0.4, 0.5) is 5.82 Å². The van der Waals surface area contributed by atoms with Gasteiger partial charge in [-0.25, -0.2) is 9.59 Å². The van der Waals surface area contributed by atoms with Crippen LogP contribution in [0.15, 0.2) is 33.9 Å². The van der Waals surface area contributed by atoms with E-state index in [-0.39, 0.29) is 17.5 Å². The van der Waals surface area contributed by atoms with Gasteiger partial charge in [0.1, 0.15) is 23.7 Å². The number of carbonyl (C=O) groups excluding carboxylic acids is 2. The molecule has 1 atom stereocenters. The van der Waals surface area contributed by atoms with Crippen LogP contribution in [-0.4, -0.2) is 46.8 Å². The van der Waals surface area contributed by atoms with Gasteiger partial charge < -0.3 is 19.9 Å². The quantitative estimate of drug-likeness (QED) is 0.501. The van der Waals surface area contributed by atoms with E-state index in [1.165, 1.54) is 26.2 Å². The van der Waals surface area contributed by atoms with Crippen LogP contribution in [0.5, 0.6) is 5.75 Å². The third-order valence-electron chi connectivity index (χ3n) is 4.87. The van der Waals surface area contributed by atoms with Crippen molar-refractivity contribution in [1.29, 1.82) is 0 Å². The molecular weight excluding hydrogens is 394 g/mol. The molecule has 0 radical (unpaired) electrons. The molecule has 3 rings (SSSR count). The molecule has 0 amide bonds. The summed E-state index contributed by atoms with van der Waals surface area (Å²) in [6.07, 6.45) is 2.06. The normalized spacial score (nSPS) is 15.7. The number of aromatic nitrogens is 2. The molecule has 160 valence electrons. The van der Waals surface area contributed by atoms with Crippen molar-refractivity contribution in [1.82, 2.24) is 9.13 Å². The van der Waals surface area contributed by atoms with Gasteiger partial charge in [-0.15, -0.1) is 0 Å². The van der Waals surface area contributed by atoms with Gasteiger partial charge in [0, 0.05) is 20.7 Å². The van der Waals surface area contributed by atoms with Crippen LogP contribution in [0.1, 0.15) is 33.6 Å². The second-order valence-electron chi connectivity index (χ2n) is 6.94. The predicted octanol–water partition coefficient (Wildman–Crippen LogP) is 0.264. The molecule has 0 saturated carbocycles. The Labute approximate surface area is 171 Å². The minimum atomic E-state index is -0.843. The summed E-state index contributed by atoms with van der Waals surface area (Å²) in [4.78, 5) is 48.6. The van der Waals surface area contributed by atoms with Gasteiger partial charge in [0.25, 0.3) is 5.56 Å². The summed E-state index contributed by atoms with van der Waals surface area (Å²) in [5.41, 5.74) is 4.04. The molecule has 2 aromatic rings. The molecule has 1 aliphatic heterocycles. The minimum absolute atomic E-state index is 0.0817. The number of hydrogen-bond donors (Lipinski definition) is 1. The zero-order chi connectivity index (χ0) is 21.8. The van der Waals surface area contributed by atoms with Crippen LogP contribution in [0, 0.1) is 0 Å². The fourth-order valence-corrected chi connectivity index (χ4v) is 3.06. The van der Waals surface area contributed by atoms with Crippen molar-refractivity contribution >= 4 is 17.6 Å². The smallest absolute Gasteiger partial charge is 0.338 e. The lowest BCUT2D eigenvalue weighted by molar-refractivity contribution is 0.0474. The summed E-state index contributed by atoms with van der Waals surface area (Å²) in [6.45, 7) is 0.497. The van der Waals surface area contributed by atoms with E-state index in [9.17, 15) is 19.2 Å². The summed E-state index contributed by atoms with van der Waals surface area (Å²) in [6, 6.07) is 6.26. The van der Waals surface area contributed by atoms with E-state index in [1.54, 1.807) is 12.1 Å². The highest BCUT2D eigenvalue weighted by atomic mass is 16.5. The number of nitrogens with zero attached hydrogens (tertiary/aromatic N) is 2. The van der Waals surface area contributed by atoms with Gasteiger partial charge in [0.15, 0.2) is 6.61 Å². The fraction of sp³-hybridized carbons (Fsp3) is 0.400. The Morgan fingerprint density at radius 2 is 1.87 bits per heavy atom. The molecule has 10 heteroatoms. The van der Waals surface area contributed by atoms with Crippen LogP contribution in [0.25, 0.3) is 0 Å². The summed E-state index contributed by atoms with van der Waals surface area (Å²) < 4.78 is 17.9. The second kappa shape index (κ2) is 8.95. The average molecular weight is 417 g/mol. The van der Waals surface area contributed by atoms with Crippen molar-refractivity contribution in [3.63, 3.8) is 0 Å². The first-order valence-electron chi connectivity index (χ1n) is 9.40. The number of esters is 1. The maximum absolute atomic E-state index is 12.4. The van der Waals surface area contributed by atoms with E-state index in [2.05, 4.69) is 0 Å². The number of benzene rings is 1. The number of ether oxygens (including phenoxy) is 3. The summed E-state index contributed by atoms with van der Waals surface area (Å²) in [5, 5.41) is 0. The molecule has 0 spiro atoms. The Morgan fingerprint density at radius 3 is 2.50 bits per heavy atom. The first kappa shape index (κ1) is 21.3. The van der Waals surface area contributed by atoms with Crippen molar-refractivity contribution < 1.29 is 23.8 Å². The van der Waals surface area contributed by atoms with Crippen molar-refractivity contribution in [3.05, 3.63) is 56.2 Å². The molecule has 1 aliphatic rings. The first-order valence-corrected chi connectivity index (χ1v) is 9.40. The lowest BCUT2D eigenvalue weighted by Crippen LogP contribution is -2.42. The first-order chi connectivity index (χ1) is 14.3. The Balaban J connectivity index is 1.61. The molecule has 1 saturated heterocycles. The van der Waals surface area contributed by atoms with Gasteiger partial charge in [-0.05, 0) is 37.1 Å². The van der Waals surface area contributed by atoms with E-state index in [4.69, 9.17) is 19.9 Å². The van der Waals surface area contributed by atoms with Gasteiger partial charge >= 0.3 is 11.7 Å². The molecule has 1 unspecified atom stereocenters. The van der Waals surface area contributed by atoms with Gasteiger partial charge in [0.05, 0.1) is 11.7 Å². The van der Waals surface area contributed by atoms with Crippen molar-refractivity contribution in [3.8, 4) is 5.75 Å². The zero-order valence-electron chi connectivity index (χ0n) is 16.8. The topological polar surface area (TPSA) is 132 Å². The SMILES string of the molecule is Cn1c(N)c(C(=O)COC(=O)c2ccc(OCC3CCCO3)cc2)c(=O)n(C)c1=O. The summed E-state index contributed by atoms with van der Waals surface area (Å²) in [5.74, 6) is -1.24. The maximum atomic E-state index is 12.4. The monoisotopic (exact) mass is 417 g/mol. The van der Waals surface area contributed by atoms with E-state index < -0.39 is 35.2 Å². The van der Waals surface area contributed by atoms with Crippen LogP contribution in [-0.2, 0) is 23.6 Å². The maximum Gasteiger partial charge on any atom is 0.338 e. The highest BCUT2D eigenvalue weighted by Gasteiger charge is 2.22. The van der Waals surface area contributed by atoms with E-state index in [1.807, 2.05) is 0 Å². The molecular formula is C20H23N3O7. The Kier molecular flexibility index (Phi) is 6.36. The fourth-order valence-electron chi connectivity index (χ4n) is 3.06. The molecule has 0 aliphatic carbocycles.